The summed E-state index contributed by atoms with van der Waals surface area (Å²) >= 11 is 0. The first-order valence-corrected chi connectivity index (χ1v) is 6.95. The van der Waals surface area contributed by atoms with E-state index < -0.39 is 0 Å². The zero-order chi connectivity index (χ0) is 13.8. The highest BCUT2D eigenvalue weighted by molar-refractivity contribution is 5.64. The van der Waals surface area contributed by atoms with Crippen molar-refractivity contribution < 1.29 is 0 Å². The Morgan fingerprint density at radius 1 is 1.21 bits per heavy atom. The van der Waals surface area contributed by atoms with E-state index in [-0.39, 0.29) is 0 Å². The van der Waals surface area contributed by atoms with Gasteiger partial charge in [0, 0.05) is 16.8 Å². The van der Waals surface area contributed by atoms with Crippen LogP contribution < -0.4 is 5.73 Å². The molecule has 19 heavy (non-hydrogen) atoms. The minimum absolute atomic E-state index is 0.652. The maximum absolute atomic E-state index is 5.67. The largest absolute Gasteiger partial charge is 0.330 e. The first-order chi connectivity index (χ1) is 9.11. The van der Waals surface area contributed by atoms with E-state index in [9.17, 15) is 0 Å². The summed E-state index contributed by atoms with van der Waals surface area (Å²) in [5.41, 5.74) is 11.6. The third-order valence-electron chi connectivity index (χ3n) is 3.34. The Kier molecular flexibility index (Phi) is 4.38. The predicted molar refractivity (Wildman–Crippen MR) is 80.1 cm³/mol. The summed E-state index contributed by atoms with van der Waals surface area (Å²) in [6.07, 6.45) is 1.99. The highest BCUT2D eigenvalue weighted by Gasteiger charge is 2.11. The van der Waals surface area contributed by atoms with Crippen LogP contribution in [-0.2, 0) is 12.8 Å². The summed E-state index contributed by atoms with van der Waals surface area (Å²) < 4.78 is 0. The van der Waals surface area contributed by atoms with Gasteiger partial charge in [-0.3, -0.25) is 5.10 Å². The fourth-order valence-corrected chi connectivity index (χ4v) is 2.41. The van der Waals surface area contributed by atoms with Gasteiger partial charge in [-0.1, -0.05) is 38.1 Å². The van der Waals surface area contributed by atoms with Gasteiger partial charge >= 0.3 is 0 Å². The zero-order valence-corrected chi connectivity index (χ0v) is 12.0. The lowest BCUT2D eigenvalue weighted by atomic mass is 9.99. The molecule has 0 bridgehead atoms. The molecule has 1 aromatic carbocycles. The highest BCUT2D eigenvalue weighted by Crippen LogP contribution is 2.24. The summed E-state index contributed by atoms with van der Waals surface area (Å²) in [5.74, 6) is 0.686. The molecule has 0 aliphatic carbocycles. The minimum Gasteiger partial charge on any atom is -0.330 e. The quantitative estimate of drug-likeness (QED) is 0.865. The Balaban J connectivity index is 2.27. The number of nitrogens with zero attached hydrogens (tertiary/aromatic N) is 1. The number of hydrogen-bond acceptors (Lipinski definition) is 2. The first-order valence-electron chi connectivity index (χ1n) is 6.95. The van der Waals surface area contributed by atoms with E-state index in [1.54, 1.807) is 0 Å². The normalized spacial score (nSPS) is 11.2. The Morgan fingerprint density at radius 3 is 2.47 bits per heavy atom. The van der Waals surface area contributed by atoms with Crippen LogP contribution in [0.25, 0.3) is 11.3 Å². The summed E-state index contributed by atoms with van der Waals surface area (Å²) in [7, 11) is 0. The van der Waals surface area contributed by atoms with E-state index in [1.807, 2.05) is 0 Å². The molecule has 0 radical (unpaired) electrons. The van der Waals surface area contributed by atoms with E-state index in [0.717, 1.165) is 24.2 Å². The van der Waals surface area contributed by atoms with Gasteiger partial charge < -0.3 is 5.73 Å². The molecule has 1 aromatic heterocycles. The van der Waals surface area contributed by atoms with Crippen LogP contribution in [-0.4, -0.2) is 16.7 Å². The van der Waals surface area contributed by atoms with Crippen molar-refractivity contribution in [3.05, 3.63) is 41.1 Å². The van der Waals surface area contributed by atoms with Gasteiger partial charge in [-0.15, -0.1) is 0 Å². The standard InChI is InChI=1S/C16H23N3/c1-11(2)10-13-4-6-14(7-5-13)16-15(8-9-17)12(3)18-19-16/h4-7,11H,8-10,17H2,1-3H3,(H,18,19). The molecule has 0 fully saturated rings. The fraction of sp³-hybridized carbons (Fsp3) is 0.438. The first kappa shape index (κ1) is 13.8. The van der Waals surface area contributed by atoms with Crippen molar-refractivity contribution >= 4 is 0 Å². The maximum Gasteiger partial charge on any atom is 0.0955 e. The number of nitrogens with two attached hydrogens (primary N) is 1. The van der Waals surface area contributed by atoms with Crippen LogP contribution in [0.3, 0.4) is 0 Å². The second kappa shape index (κ2) is 6.02. The van der Waals surface area contributed by atoms with E-state index in [2.05, 4.69) is 55.2 Å². The van der Waals surface area contributed by atoms with Gasteiger partial charge in [0.15, 0.2) is 0 Å². The molecule has 0 aliphatic heterocycles. The molecule has 2 aromatic rings. The molecule has 2 rings (SSSR count). The molecule has 1 heterocycles. The molecular weight excluding hydrogens is 234 g/mol. The second-order valence-corrected chi connectivity index (χ2v) is 5.51. The van der Waals surface area contributed by atoms with Gasteiger partial charge in [-0.25, -0.2) is 0 Å². The van der Waals surface area contributed by atoms with Crippen molar-refractivity contribution in [2.45, 2.75) is 33.6 Å². The van der Waals surface area contributed by atoms with Gasteiger partial charge in [0.1, 0.15) is 0 Å². The number of H-pyrrole nitrogens is 1. The van der Waals surface area contributed by atoms with Crippen molar-refractivity contribution in [3.8, 4) is 11.3 Å². The Labute approximate surface area is 115 Å². The van der Waals surface area contributed by atoms with Crippen LogP contribution in [0.1, 0.15) is 30.7 Å². The molecule has 0 saturated heterocycles. The third-order valence-corrected chi connectivity index (χ3v) is 3.34. The lowest BCUT2D eigenvalue weighted by molar-refractivity contribution is 0.647. The smallest absolute Gasteiger partial charge is 0.0955 e. The molecular formula is C16H23N3. The molecule has 0 aliphatic rings. The maximum atomic E-state index is 5.67. The predicted octanol–water partition coefficient (Wildman–Crippen LogP) is 3.08. The molecule has 0 unspecified atom stereocenters. The summed E-state index contributed by atoms with van der Waals surface area (Å²) in [4.78, 5) is 0. The van der Waals surface area contributed by atoms with Crippen molar-refractivity contribution in [1.82, 2.24) is 10.2 Å². The average molecular weight is 257 g/mol. The van der Waals surface area contributed by atoms with Crippen LogP contribution >= 0.6 is 0 Å². The lowest BCUT2D eigenvalue weighted by Crippen LogP contribution is -2.04. The number of aromatic amines is 1. The number of rotatable bonds is 5. The van der Waals surface area contributed by atoms with Crippen LogP contribution in [0.15, 0.2) is 24.3 Å². The minimum atomic E-state index is 0.652. The molecule has 102 valence electrons. The molecule has 0 atom stereocenters. The number of hydrogen-bond donors (Lipinski definition) is 2. The molecule has 3 heteroatoms. The van der Waals surface area contributed by atoms with Crippen LogP contribution in [0.2, 0.25) is 0 Å². The summed E-state index contributed by atoms with van der Waals surface area (Å²) in [5, 5.41) is 7.48. The van der Waals surface area contributed by atoms with Crippen LogP contribution in [0, 0.1) is 12.8 Å². The topological polar surface area (TPSA) is 54.7 Å². The van der Waals surface area contributed by atoms with Crippen molar-refractivity contribution in [2.75, 3.05) is 6.54 Å². The molecule has 0 amide bonds. The van der Waals surface area contributed by atoms with Crippen LogP contribution in [0.4, 0.5) is 0 Å². The van der Waals surface area contributed by atoms with Crippen molar-refractivity contribution in [1.29, 1.82) is 0 Å². The zero-order valence-electron chi connectivity index (χ0n) is 12.0. The number of benzene rings is 1. The molecule has 0 saturated carbocycles. The number of aromatic nitrogens is 2. The number of nitrogens with one attached hydrogen (secondary N) is 1. The van der Waals surface area contributed by atoms with E-state index in [1.165, 1.54) is 16.7 Å². The van der Waals surface area contributed by atoms with Gasteiger partial charge in [0.25, 0.3) is 0 Å². The van der Waals surface area contributed by atoms with Gasteiger partial charge in [-0.05, 0) is 37.8 Å². The van der Waals surface area contributed by atoms with Crippen molar-refractivity contribution in [2.24, 2.45) is 11.7 Å². The Morgan fingerprint density at radius 2 is 1.89 bits per heavy atom. The Hall–Kier alpha value is -1.61. The van der Waals surface area contributed by atoms with Crippen molar-refractivity contribution in [3.63, 3.8) is 0 Å². The lowest BCUT2D eigenvalue weighted by Gasteiger charge is -2.07. The summed E-state index contributed by atoms with van der Waals surface area (Å²) in [6, 6.07) is 8.72. The fourth-order valence-electron chi connectivity index (χ4n) is 2.41. The average Bonchev–Trinajstić information content (AvgIpc) is 2.72. The summed E-state index contributed by atoms with van der Waals surface area (Å²) in [6.45, 7) is 7.18. The Bertz CT molecular complexity index is 523. The monoisotopic (exact) mass is 257 g/mol. The SMILES string of the molecule is Cc1[nH]nc(-c2ccc(CC(C)C)cc2)c1CCN. The van der Waals surface area contributed by atoms with Crippen LogP contribution in [0.5, 0.6) is 0 Å². The third kappa shape index (κ3) is 3.24. The van der Waals surface area contributed by atoms with E-state index >= 15 is 0 Å². The molecule has 0 spiro atoms. The van der Waals surface area contributed by atoms with E-state index in [4.69, 9.17) is 5.73 Å². The molecule has 3 N–H and O–H groups in total. The molecule has 3 nitrogen and oxygen atoms in total. The second-order valence-electron chi connectivity index (χ2n) is 5.51. The van der Waals surface area contributed by atoms with E-state index in [0.29, 0.717) is 12.5 Å². The van der Waals surface area contributed by atoms with Gasteiger partial charge in [0.05, 0.1) is 5.69 Å². The number of aryl methyl sites for hydroxylation is 1. The van der Waals surface area contributed by atoms with Gasteiger partial charge in [0.2, 0.25) is 0 Å². The highest BCUT2D eigenvalue weighted by atomic mass is 15.1. The van der Waals surface area contributed by atoms with Gasteiger partial charge in [-0.2, -0.15) is 5.10 Å².